The van der Waals surface area contributed by atoms with Crippen molar-refractivity contribution in [3.8, 4) is 0 Å². The van der Waals surface area contributed by atoms with E-state index in [1.165, 1.54) is 19.2 Å². The average molecular weight is 432 g/mol. The predicted octanol–water partition coefficient (Wildman–Crippen LogP) is 4.75. The van der Waals surface area contributed by atoms with E-state index in [2.05, 4.69) is 49.6 Å². The fourth-order valence-electron chi connectivity index (χ4n) is 3.64. The first-order valence-corrected chi connectivity index (χ1v) is 10.4. The SMILES string of the molecule is CN(C)[C@H]1CC[C@H](Nc2ncc3ncnc(Nc4ccc(Cl)c(Cl)c4)c3n2)CC1. The van der Waals surface area contributed by atoms with Gasteiger partial charge in [-0.3, -0.25) is 0 Å². The summed E-state index contributed by atoms with van der Waals surface area (Å²) in [5, 5.41) is 7.70. The minimum Gasteiger partial charge on any atom is -0.351 e. The minimum atomic E-state index is 0.375. The molecule has 9 heteroatoms. The highest BCUT2D eigenvalue weighted by Gasteiger charge is 2.23. The van der Waals surface area contributed by atoms with E-state index < -0.39 is 0 Å². The Balaban J connectivity index is 1.53. The Morgan fingerprint density at radius 1 is 1.00 bits per heavy atom. The molecule has 152 valence electrons. The van der Waals surface area contributed by atoms with Gasteiger partial charge < -0.3 is 15.5 Å². The van der Waals surface area contributed by atoms with Gasteiger partial charge in [0.2, 0.25) is 5.95 Å². The molecule has 2 aromatic heterocycles. The van der Waals surface area contributed by atoms with Crippen LogP contribution in [0.15, 0.2) is 30.7 Å². The van der Waals surface area contributed by atoms with Gasteiger partial charge in [0, 0.05) is 17.8 Å². The number of anilines is 3. The van der Waals surface area contributed by atoms with Gasteiger partial charge in [-0.2, -0.15) is 0 Å². The average Bonchev–Trinajstić information content (AvgIpc) is 2.71. The number of halogens is 2. The van der Waals surface area contributed by atoms with Crippen molar-refractivity contribution >= 4 is 51.7 Å². The van der Waals surface area contributed by atoms with Crippen LogP contribution in [0.25, 0.3) is 11.0 Å². The molecule has 0 saturated heterocycles. The van der Waals surface area contributed by atoms with E-state index >= 15 is 0 Å². The first-order valence-electron chi connectivity index (χ1n) is 9.62. The zero-order chi connectivity index (χ0) is 20.4. The lowest BCUT2D eigenvalue weighted by molar-refractivity contribution is 0.221. The molecule has 2 heterocycles. The van der Waals surface area contributed by atoms with Crippen LogP contribution in [0, 0.1) is 0 Å². The van der Waals surface area contributed by atoms with Gasteiger partial charge in [0.1, 0.15) is 17.4 Å². The third-order valence-electron chi connectivity index (χ3n) is 5.32. The van der Waals surface area contributed by atoms with Gasteiger partial charge in [-0.1, -0.05) is 23.2 Å². The van der Waals surface area contributed by atoms with Gasteiger partial charge >= 0.3 is 0 Å². The number of nitrogens with one attached hydrogen (secondary N) is 2. The quantitative estimate of drug-likeness (QED) is 0.602. The first-order chi connectivity index (χ1) is 14.0. The van der Waals surface area contributed by atoms with Crippen molar-refractivity contribution < 1.29 is 0 Å². The molecule has 0 spiro atoms. The molecular formula is C20H23Cl2N7. The topological polar surface area (TPSA) is 78.9 Å². The Kier molecular flexibility index (Phi) is 5.99. The highest BCUT2D eigenvalue weighted by molar-refractivity contribution is 6.42. The van der Waals surface area contributed by atoms with E-state index in [4.69, 9.17) is 23.2 Å². The van der Waals surface area contributed by atoms with Gasteiger partial charge in [0.05, 0.1) is 16.2 Å². The smallest absolute Gasteiger partial charge is 0.223 e. The molecule has 0 radical (unpaired) electrons. The van der Waals surface area contributed by atoms with Crippen molar-refractivity contribution in [1.29, 1.82) is 0 Å². The second-order valence-electron chi connectivity index (χ2n) is 7.52. The maximum Gasteiger partial charge on any atom is 0.223 e. The highest BCUT2D eigenvalue weighted by atomic mass is 35.5. The molecule has 1 fully saturated rings. The van der Waals surface area contributed by atoms with E-state index in [1.54, 1.807) is 18.3 Å². The Morgan fingerprint density at radius 3 is 2.52 bits per heavy atom. The molecule has 1 saturated carbocycles. The van der Waals surface area contributed by atoms with Crippen molar-refractivity contribution in [1.82, 2.24) is 24.8 Å². The van der Waals surface area contributed by atoms with Crippen molar-refractivity contribution in [2.45, 2.75) is 37.8 Å². The standard InChI is InChI=1S/C20H23Cl2N7/c1-29(2)14-6-3-12(4-7-14)27-20-23-10-17-18(28-20)19(25-11-24-17)26-13-5-8-15(21)16(22)9-13/h5,8-12,14H,3-4,6-7H2,1-2H3,(H,23,27,28)(H,24,25,26)/t12-,14-. The first kappa shape index (κ1) is 20.1. The van der Waals surface area contributed by atoms with E-state index in [0.717, 1.165) is 18.5 Å². The van der Waals surface area contributed by atoms with Crippen LogP contribution in [-0.2, 0) is 0 Å². The monoisotopic (exact) mass is 431 g/mol. The van der Waals surface area contributed by atoms with Gasteiger partial charge in [-0.15, -0.1) is 0 Å². The van der Waals surface area contributed by atoms with Gasteiger partial charge in [-0.05, 0) is 58.0 Å². The van der Waals surface area contributed by atoms with Crippen LogP contribution in [-0.4, -0.2) is 51.0 Å². The molecule has 0 atom stereocenters. The Bertz CT molecular complexity index is 1000. The lowest BCUT2D eigenvalue weighted by Crippen LogP contribution is -2.36. The van der Waals surface area contributed by atoms with E-state index in [0.29, 0.717) is 44.9 Å². The molecule has 7 nitrogen and oxygen atoms in total. The number of hydrogen-bond acceptors (Lipinski definition) is 7. The third-order valence-corrected chi connectivity index (χ3v) is 6.06. The maximum absolute atomic E-state index is 6.12. The summed E-state index contributed by atoms with van der Waals surface area (Å²) in [4.78, 5) is 20.1. The number of nitrogens with zero attached hydrogens (tertiary/aromatic N) is 5. The zero-order valence-corrected chi connectivity index (χ0v) is 17.9. The molecule has 0 amide bonds. The molecule has 29 heavy (non-hydrogen) atoms. The second kappa shape index (κ2) is 8.65. The molecule has 2 N–H and O–H groups in total. The summed E-state index contributed by atoms with van der Waals surface area (Å²) < 4.78 is 0. The van der Waals surface area contributed by atoms with E-state index in [9.17, 15) is 0 Å². The lowest BCUT2D eigenvalue weighted by atomic mass is 9.91. The summed E-state index contributed by atoms with van der Waals surface area (Å²) in [5.41, 5.74) is 2.09. The molecule has 1 aromatic carbocycles. The normalized spacial score (nSPS) is 19.5. The largest absolute Gasteiger partial charge is 0.351 e. The summed E-state index contributed by atoms with van der Waals surface area (Å²) in [6.45, 7) is 0. The summed E-state index contributed by atoms with van der Waals surface area (Å²) in [6.07, 6.45) is 7.75. The number of rotatable bonds is 5. The molecule has 0 bridgehead atoms. The fourth-order valence-corrected chi connectivity index (χ4v) is 3.94. The molecule has 0 aliphatic heterocycles. The summed E-state index contributed by atoms with van der Waals surface area (Å²) in [6, 6.07) is 6.36. The second-order valence-corrected chi connectivity index (χ2v) is 8.33. The lowest BCUT2D eigenvalue weighted by Gasteiger charge is -2.32. The van der Waals surface area contributed by atoms with Crippen molar-refractivity contribution in [3.63, 3.8) is 0 Å². The van der Waals surface area contributed by atoms with Crippen molar-refractivity contribution in [2.24, 2.45) is 0 Å². The minimum absolute atomic E-state index is 0.375. The Morgan fingerprint density at radius 2 is 1.79 bits per heavy atom. The van der Waals surface area contributed by atoms with E-state index in [-0.39, 0.29) is 0 Å². The summed E-state index contributed by atoms with van der Waals surface area (Å²) in [5.74, 6) is 1.19. The van der Waals surface area contributed by atoms with Crippen LogP contribution < -0.4 is 10.6 Å². The number of hydrogen-bond donors (Lipinski definition) is 2. The molecule has 3 aromatic rings. The summed E-state index contributed by atoms with van der Waals surface area (Å²) in [7, 11) is 4.29. The Hall–Kier alpha value is -2.22. The third kappa shape index (κ3) is 4.69. The predicted molar refractivity (Wildman–Crippen MR) is 118 cm³/mol. The number of fused-ring (bicyclic) bond motifs is 1. The molecular weight excluding hydrogens is 409 g/mol. The van der Waals surface area contributed by atoms with Crippen LogP contribution in [0.4, 0.5) is 17.5 Å². The Labute approximate surface area is 179 Å². The molecule has 1 aliphatic rings. The zero-order valence-electron chi connectivity index (χ0n) is 16.4. The van der Waals surface area contributed by atoms with Crippen molar-refractivity contribution in [3.05, 3.63) is 40.8 Å². The molecule has 0 unspecified atom stereocenters. The van der Waals surface area contributed by atoms with E-state index in [1.807, 2.05) is 6.07 Å². The molecule has 1 aliphatic carbocycles. The van der Waals surface area contributed by atoms with Crippen LogP contribution in [0.2, 0.25) is 10.0 Å². The van der Waals surface area contributed by atoms with Crippen LogP contribution >= 0.6 is 23.2 Å². The van der Waals surface area contributed by atoms with Crippen LogP contribution in [0.1, 0.15) is 25.7 Å². The number of aromatic nitrogens is 4. The van der Waals surface area contributed by atoms with Gasteiger partial charge in [-0.25, -0.2) is 19.9 Å². The number of benzene rings is 1. The summed E-state index contributed by atoms with van der Waals surface area (Å²) >= 11 is 12.1. The van der Waals surface area contributed by atoms with Crippen molar-refractivity contribution in [2.75, 3.05) is 24.7 Å². The van der Waals surface area contributed by atoms with Crippen LogP contribution in [0.3, 0.4) is 0 Å². The molecule has 4 rings (SSSR count). The van der Waals surface area contributed by atoms with Gasteiger partial charge in [0.25, 0.3) is 0 Å². The fraction of sp³-hybridized carbons (Fsp3) is 0.400. The van der Waals surface area contributed by atoms with Crippen LogP contribution in [0.5, 0.6) is 0 Å². The maximum atomic E-state index is 6.12. The van der Waals surface area contributed by atoms with Gasteiger partial charge in [0.15, 0.2) is 5.82 Å². The highest BCUT2D eigenvalue weighted by Crippen LogP contribution is 2.29.